The SMILES string of the molecule is COCC1CCCN(S(=O)(=O)CCCO)C1. The molecule has 16 heavy (non-hydrogen) atoms. The Kier molecular flexibility index (Phi) is 5.68. The van der Waals surface area contributed by atoms with E-state index in [1.54, 1.807) is 7.11 Å². The fourth-order valence-electron chi connectivity index (χ4n) is 2.03. The number of sulfonamides is 1. The smallest absolute Gasteiger partial charge is 0.214 e. The number of methoxy groups -OCH3 is 1. The van der Waals surface area contributed by atoms with Gasteiger partial charge in [0.2, 0.25) is 10.0 Å². The summed E-state index contributed by atoms with van der Waals surface area (Å²) in [6.07, 6.45) is 2.24. The monoisotopic (exact) mass is 251 g/mol. The number of hydrogen-bond acceptors (Lipinski definition) is 4. The Morgan fingerprint density at radius 3 is 2.88 bits per heavy atom. The summed E-state index contributed by atoms with van der Waals surface area (Å²) in [5.74, 6) is 0.353. The predicted molar refractivity (Wildman–Crippen MR) is 61.7 cm³/mol. The average Bonchev–Trinajstić information content (AvgIpc) is 2.27. The Bertz CT molecular complexity index is 289. The van der Waals surface area contributed by atoms with Crippen LogP contribution in [0, 0.1) is 5.92 Å². The number of ether oxygens (including phenoxy) is 1. The molecule has 1 N–H and O–H groups in total. The van der Waals surface area contributed by atoms with Crippen LogP contribution >= 0.6 is 0 Å². The Hall–Kier alpha value is -0.170. The van der Waals surface area contributed by atoms with Gasteiger partial charge in [0.1, 0.15) is 0 Å². The van der Waals surface area contributed by atoms with Gasteiger partial charge >= 0.3 is 0 Å². The molecule has 0 radical (unpaired) electrons. The topological polar surface area (TPSA) is 66.8 Å². The average molecular weight is 251 g/mol. The molecule has 1 heterocycles. The van der Waals surface area contributed by atoms with E-state index in [-0.39, 0.29) is 12.4 Å². The Labute approximate surface area is 97.4 Å². The van der Waals surface area contributed by atoms with Crippen molar-refractivity contribution in [3.63, 3.8) is 0 Å². The molecule has 1 unspecified atom stereocenters. The zero-order valence-electron chi connectivity index (χ0n) is 9.76. The van der Waals surface area contributed by atoms with Gasteiger partial charge in [-0.1, -0.05) is 0 Å². The van der Waals surface area contributed by atoms with E-state index < -0.39 is 10.0 Å². The lowest BCUT2D eigenvalue weighted by atomic mass is 10.0. The van der Waals surface area contributed by atoms with Gasteiger partial charge in [0, 0.05) is 26.8 Å². The van der Waals surface area contributed by atoms with Crippen LogP contribution in [-0.4, -0.2) is 57.0 Å². The first-order valence-electron chi connectivity index (χ1n) is 5.67. The molecule has 1 fully saturated rings. The summed E-state index contributed by atoms with van der Waals surface area (Å²) >= 11 is 0. The van der Waals surface area contributed by atoms with Crippen LogP contribution < -0.4 is 0 Å². The Balaban J connectivity index is 2.52. The molecule has 96 valence electrons. The lowest BCUT2D eigenvalue weighted by Crippen LogP contribution is -2.42. The van der Waals surface area contributed by atoms with E-state index in [0.717, 1.165) is 12.8 Å². The minimum atomic E-state index is -3.18. The van der Waals surface area contributed by atoms with Crippen molar-refractivity contribution in [3.8, 4) is 0 Å². The van der Waals surface area contributed by atoms with Gasteiger partial charge in [-0.05, 0) is 25.2 Å². The summed E-state index contributed by atoms with van der Waals surface area (Å²) in [6.45, 7) is 1.70. The Morgan fingerprint density at radius 1 is 1.50 bits per heavy atom. The van der Waals surface area contributed by atoms with Crippen LogP contribution in [0.4, 0.5) is 0 Å². The summed E-state index contributed by atoms with van der Waals surface area (Å²) in [5.41, 5.74) is 0. The molecule has 6 heteroatoms. The van der Waals surface area contributed by atoms with Crippen molar-refractivity contribution in [2.24, 2.45) is 5.92 Å². The van der Waals surface area contributed by atoms with E-state index in [1.807, 2.05) is 0 Å². The molecule has 1 rings (SSSR count). The van der Waals surface area contributed by atoms with Gasteiger partial charge in [0.15, 0.2) is 0 Å². The van der Waals surface area contributed by atoms with E-state index in [0.29, 0.717) is 32.0 Å². The molecule has 0 aromatic carbocycles. The van der Waals surface area contributed by atoms with E-state index in [1.165, 1.54) is 4.31 Å². The number of rotatable bonds is 6. The van der Waals surface area contributed by atoms with Crippen molar-refractivity contribution in [1.29, 1.82) is 0 Å². The second-order valence-corrected chi connectivity index (χ2v) is 6.30. The number of aliphatic hydroxyl groups is 1. The maximum Gasteiger partial charge on any atom is 0.214 e. The number of piperidine rings is 1. The highest BCUT2D eigenvalue weighted by molar-refractivity contribution is 7.89. The first kappa shape index (κ1) is 13.9. The molecular formula is C10H21NO4S. The molecule has 1 aliphatic rings. The van der Waals surface area contributed by atoms with E-state index in [4.69, 9.17) is 9.84 Å². The maximum atomic E-state index is 11.9. The van der Waals surface area contributed by atoms with Crippen molar-refractivity contribution in [1.82, 2.24) is 4.31 Å². The second kappa shape index (κ2) is 6.54. The van der Waals surface area contributed by atoms with Crippen LogP contribution in [-0.2, 0) is 14.8 Å². The molecule has 0 amide bonds. The molecule has 1 aliphatic heterocycles. The van der Waals surface area contributed by atoms with Crippen LogP contribution in [0.15, 0.2) is 0 Å². The van der Waals surface area contributed by atoms with Gasteiger partial charge in [-0.2, -0.15) is 0 Å². The summed E-state index contributed by atoms with van der Waals surface area (Å²) < 4.78 is 30.3. The number of aliphatic hydroxyl groups excluding tert-OH is 1. The standard InChI is InChI=1S/C10H21NO4S/c1-15-9-10-4-2-5-11(8-10)16(13,14)7-3-6-12/h10,12H,2-9H2,1H3. The predicted octanol–water partition coefficient (Wildman–Crippen LogP) is 0.0570. The fourth-order valence-corrected chi connectivity index (χ4v) is 3.62. The van der Waals surface area contributed by atoms with Crippen molar-refractivity contribution < 1.29 is 18.3 Å². The molecule has 1 atom stereocenters. The summed E-state index contributed by atoms with van der Waals surface area (Å²) in [4.78, 5) is 0. The number of hydrogen-bond donors (Lipinski definition) is 1. The van der Waals surface area contributed by atoms with Crippen LogP contribution in [0.1, 0.15) is 19.3 Å². The normalized spacial score (nSPS) is 23.5. The maximum absolute atomic E-state index is 11.9. The lowest BCUT2D eigenvalue weighted by molar-refractivity contribution is 0.118. The zero-order chi connectivity index (χ0) is 12.0. The second-order valence-electron chi connectivity index (χ2n) is 4.21. The van der Waals surface area contributed by atoms with Crippen LogP contribution in [0.3, 0.4) is 0 Å². The van der Waals surface area contributed by atoms with Crippen molar-refractivity contribution >= 4 is 10.0 Å². The van der Waals surface area contributed by atoms with Crippen molar-refractivity contribution in [2.75, 3.05) is 39.2 Å². The summed E-state index contributed by atoms with van der Waals surface area (Å²) in [7, 11) is -1.54. The van der Waals surface area contributed by atoms with Gasteiger partial charge in [-0.25, -0.2) is 12.7 Å². The molecule has 0 aliphatic carbocycles. The third-order valence-corrected chi connectivity index (χ3v) is 4.76. The van der Waals surface area contributed by atoms with Gasteiger partial charge in [0.05, 0.1) is 12.4 Å². The largest absolute Gasteiger partial charge is 0.396 e. The molecule has 0 aromatic rings. The molecular weight excluding hydrogens is 230 g/mol. The summed E-state index contributed by atoms with van der Waals surface area (Å²) in [5, 5.41) is 8.66. The highest BCUT2D eigenvalue weighted by atomic mass is 32.2. The van der Waals surface area contributed by atoms with Crippen LogP contribution in [0.2, 0.25) is 0 Å². The minimum Gasteiger partial charge on any atom is -0.396 e. The third kappa shape index (κ3) is 4.01. The third-order valence-electron chi connectivity index (χ3n) is 2.84. The first-order chi connectivity index (χ1) is 7.60. The van der Waals surface area contributed by atoms with Gasteiger partial charge < -0.3 is 9.84 Å². The number of nitrogens with zero attached hydrogens (tertiary/aromatic N) is 1. The van der Waals surface area contributed by atoms with Gasteiger partial charge in [-0.3, -0.25) is 0 Å². The van der Waals surface area contributed by atoms with Crippen molar-refractivity contribution in [2.45, 2.75) is 19.3 Å². The van der Waals surface area contributed by atoms with E-state index in [2.05, 4.69) is 0 Å². The van der Waals surface area contributed by atoms with Crippen LogP contribution in [0.5, 0.6) is 0 Å². The molecule has 0 saturated carbocycles. The summed E-state index contributed by atoms with van der Waals surface area (Å²) in [6, 6.07) is 0. The minimum absolute atomic E-state index is 0.0448. The highest BCUT2D eigenvalue weighted by Crippen LogP contribution is 2.19. The highest BCUT2D eigenvalue weighted by Gasteiger charge is 2.28. The van der Waals surface area contributed by atoms with E-state index >= 15 is 0 Å². The lowest BCUT2D eigenvalue weighted by Gasteiger charge is -2.31. The molecule has 5 nitrogen and oxygen atoms in total. The molecule has 1 saturated heterocycles. The molecule has 0 spiro atoms. The van der Waals surface area contributed by atoms with Crippen LogP contribution in [0.25, 0.3) is 0 Å². The quantitative estimate of drug-likeness (QED) is 0.725. The molecule has 0 aromatic heterocycles. The first-order valence-corrected chi connectivity index (χ1v) is 7.28. The Morgan fingerprint density at radius 2 is 2.25 bits per heavy atom. The van der Waals surface area contributed by atoms with Gasteiger partial charge in [0.25, 0.3) is 0 Å². The van der Waals surface area contributed by atoms with Crippen molar-refractivity contribution in [3.05, 3.63) is 0 Å². The van der Waals surface area contributed by atoms with Gasteiger partial charge in [-0.15, -0.1) is 0 Å². The fraction of sp³-hybridized carbons (Fsp3) is 1.00. The molecule has 0 bridgehead atoms. The zero-order valence-corrected chi connectivity index (χ0v) is 10.6. The van der Waals surface area contributed by atoms with E-state index in [9.17, 15) is 8.42 Å².